The number of amidine groups is 1. The number of hydrogen-bond acceptors (Lipinski definition) is 5. The van der Waals surface area contributed by atoms with Crippen LogP contribution in [0.4, 0.5) is 5.69 Å². The second-order valence-corrected chi connectivity index (χ2v) is 5.25. The number of benzene rings is 2. The molecule has 1 atom stereocenters. The average molecular weight is 343 g/mol. The molecule has 0 heterocycles. The third kappa shape index (κ3) is 4.41. The van der Waals surface area contributed by atoms with Crippen molar-refractivity contribution < 1.29 is 19.4 Å². The van der Waals surface area contributed by atoms with Crippen LogP contribution < -0.4 is 20.5 Å². The zero-order valence-electron chi connectivity index (χ0n) is 14.1. The minimum Gasteiger partial charge on any atom is -0.493 e. The Morgan fingerprint density at radius 1 is 1.24 bits per heavy atom. The third-order valence-corrected chi connectivity index (χ3v) is 3.57. The molecule has 5 N–H and O–H groups in total. The summed E-state index contributed by atoms with van der Waals surface area (Å²) in [5, 5.41) is 19.9. The fourth-order valence-corrected chi connectivity index (χ4v) is 2.34. The lowest BCUT2D eigenvalue weighted by molar-refractivity contribution is -0.138. The van der Waals surface area contributed by atoms with E-state index < -0.39 is 12.0 Å². The van der Waals surface area contributed by atoms with Gasteiger partial charge in [-0.15, -0.1) is 0 Å². The molecule has 0 fully saturated rings. The summed E-state index contributed by atoms with van der Waals surface area (Å²) in [6.07, 6.45) is 0. The fraction of sp³-hybridized carbons (Fsp3) is 0.222. The summed E-state index contributed by atoms with van der Waals surface area (Å²) in [6.45, 7) is 2.35. The molecule has 0 saturated heterocycles. The minimum atomic E-state index is -1.03. The molecule has 0 aliphatic rings. The molecule has 0 aliphatic heterocycles. The van der Waals surface area contributed by atoms with E-state index in [-0.39, 0.29) is 5.84 Å². The van der Waals surface area contributed by atoms with Crippen LogP contribution in [0.5, 0.6) is 11.5 Å². The first kappa shape index (κ1) is 18.1. The molecule has 0 spiro atoms. The maximum Gasteiger partial charge on any atom is 0.330 e. The molecule has 0 bridgehead atoms. The molecule has 25 heavy (non-hydrogen) atoms. The van der Waals surface area contributed by atoms with Gasteiger partial charge in [-0.2, -0.15) is 0 Å². The van der Waals surface area contributed by atoms with E-state index in [4.69, 9.17) is 20.6 Å². The van der Waals surface area contributed by atoms with Gasteiger partial charge in [0.1, 0.15) is 5.84 Å². The molecule has 7 nitrogen and oxygen atoms in total. The smallest absolute Gasteiger partial charge is 0.330 e. The van der Waals surface area contributed by atoms with Crippen LogP contribution in [-0.2, 0) is 4.79 Å². The van der Waals surface area contributed by atoms with E-state index in [1.54, 1.807) is 42.5 Å². The van der Waals surface area contributed by atoms with Crippen molar-refractivity contribution in [1.82, 2.24) is 0 Å². The van der Waals surface area contributed by atoms with Crippen LogP contribution in [-0.4, -0.2) is 30.6 Å². The van der Waals surface area contributed by atoms with Crippen molar-refractivity contribution in [3.63, 3.8) is 0 Å². The van der Waals surface area contributed by atoms with Gasteiger partial charge in [-0.1, -0.05) is 6.07 Å². The average Bonchev–Trinajstić information content (AvgIpc) is 2.60. The van der Waals surface area contributed by atoms with E-state index >= 15 is 0 Å². The van der Waals surface area contributed by atoms with Crippen LogP contribution in [0.15, 0.2) is 42.5 Å². The normalized spacial score (nSPS) is 11.4. The van der Waals surface area contributed by atoms with Gasteiger partial charge in [0.25, 0.3) is 0 Å². The van der Waals surface area contributed by atoms with E-state index in [9.17, 15) is 9.90 Å². The SMILES string of the molecule is CCOc1ccc(C(Nc2ccc(C(=N)N)cc2)C(=O)O)cc1OC. The Bertz CT molecular complexity index is 759. The number of nitrogens with one attached hydrogen (secondary N) is 2. The summed E-state index contributed by atoms with van der Waals surface area (Å²) in [5.41, 5.74) is 7.12. The molecule has 0 radical (unpaired) electrons. The highest BCUT2D eigenvalue weighted by Gasteiger charge is 2.21. The monoisotopic (exact) mass is 343 g/mol. The standard InChI is InChI=1S/C18H21N3O4/c1-3-25-14-9-6-12(10-15(14)24-2)16(18(22)23)21-13-7-4-11(5-8-13)17(19)20/h4-10,16,21H,3H2,1-2H3,(H3,19,20)(H,22,23). The van der Waals surface area contributed by atoms with Gasteiger partial charge in [0.05, 0.1) is 13.7 Å². The Morgan fingerprint density at radius 2 is 1.92 bits per heavy atom. The Labute approximate surface area is 145 Å². The molecule has 0 aliphatic carbocycles. The highest BCUT2D eigenvalue weighted by atomic mass is 16.5. The number of carboxylic acid groups (broad SMARTS) is 1. The molecule has 132 valence electrons. The molecule has 2 rings (SSSR count). The third-order valence-electron chi connectivity index (χ3n) is 3.57. The molecule has 2 aromatic rings. The van der Waals surface area contributed by atoms with Crippen LogP contribution in [0.3, 0.4) is 0 Å². The van der Waals surface area contributed by atoms with Gasteiger partial charge >= 0.3 is 5.97 Å². The second-order valence-electron chi connectivity index (χ2n) is 5.25. The Balaban J connectivity index is 2.28. The Hall–Kier alpha value is -3.22. The maximum atomic E-state index is 11.7. The largest absolute Gasteiger partial charge is 0.493 e. The highest BCUT2D eigenvalue weighted by Crippen LogP contribution is 2.31. The van der Waals surface area contributed by atoms with Crippen molar-refractivity contribution in [1.29, 1.82) is 5.41 Å². The van der Waals surface area contributed by atoms with Crippen LogP contribution in [0.25, 0.3) is 0 Å². The van der Waals surface area contributed by atoms with Crippen LogP contribution in [0.1, 0.15) is 24.1 Å². The summed E-state index contributed by atoms with van der Waals surface area (Å²) in [4.78, 5) is 11.7. The number of ether oxygens (including phenoxy) is 2. The zero-order chi connectivity index (χ0) is 18.4. The van der Waals surface area contributed by atoms with Crippen molar-refractivity contribution in [3.05, 3.63) is 53.6 Å². The molecule has 7 heteroatoms. The number of aliphatic carboxylic acids is 1. The number of anilines is 1. The predicted octanol–water partition coefficient (Wildman–Crippen LogP) is 2.62. The quantitative estimate of drug-likeness (QED) is 0.432. The van der Waals surface area contributed by atoms with E-state index in [0.717, 1.165) is 0 Å². The van der Waals surface area contributed by atoms with E-state index in [1.807, 2.05) is 6.92 Å². The van der Waals surface area contributed by atoms with Gasteiger partial charge in [-0.25, -0.2) is 4.79 Å². The Kier molecular flexibility index (Phi) is 5.84. The molecular formula is C18H21N3O4. The minimum absolute atomic E-state index is 0.0439. The van der Waals surface area contributed by atoms with E-state index in [2.05, 4.69) is 5.32 Å². The van der Waals surface area contributed by atoms with Crippen molar-refractivity contribution in [2.45, 2.75) is 13.0 Å². The number of rotatable bonds is 8. The summed E-state index contributed by atoms with van der Waals surface area (Å²) >= 11 is 0. The first-order valence-corrected chi connectivity index (χ1v) is 7.70. The summed E-state index contributed by atoms with van der Waals surface area (Å²) in [6, 6.07) is 10.7. The second kappa shape index (κ2) is 8.05. The summed E-state index contributed by atoms with van der Waals surface area (Å²) in [7, 11) is 1.51. The van der Waals surface area contributed by atoms with Crippen molar-refractivity contribution >= 4 is 17.5 Å². The molecule has 0 amide bonds. The van der Waals surface area contributed by atoms with Crippen LogP contribution in [0, 0.1) is 5.41 Å². The van der Waals surface area contributed by atoms with E-state index in [1.165, 1.54) is 7.11 Å². The lowest BCUT2D eigenvalue weighted by atomic mass is 10.1. The fourth-order valence-electron chi connectivity index (χ4n) is 2.34. The van der Waals surface area contributed by atoms with Crippen molar-refractivity contribution in [2.75, 3.05) is 19.0 Å². The van der Waals surface area contributed by atoms with Crippen molar-refractivity contribution in [3.8, 4) is 11.5 Å². The lowest BCUT2D eigenvalue weighted by Crippen LogP contribution is -2.20. The molecular weight excluding hydrogens is 322 g/mol. The van der Waals surface area contributed by atoms with Gasteiger partial charge in [0, 0.05) is 11.3 Å². The van der Waals surface area contributed by atoms with E-state index in [0.29, 0.717) is 34.9 Å². The number of carboxylic acids is 1. The number of nitrogen functional groups attached to an aromatic ring is 1. The van der Waals surface area contributed by atoms with Gasteiger partial charge in [0.2, 0.25) is 0 Å². The first-order chi connectivity index (χ1) is 12.0. The predicted molar refractivity (Wildman–Crippen MR) is 95.6 cm³/mol. The number of nitrogens with two attached hydrogens (primary N) is 1. The van der Waals surface area contributed by atoms with Gasteiger partial charge in [-0.05, 0) is 48.9 Å². The molecule has 0 aromatic heterocycles. The summed E-state index contributed by atoms with van der Waals surface area (Å²) in [5.74, 6) is -0.0394. The molecule has 0 saturated carbocycles. The molecule has 2 aromatic carbocycles. The zero-order valence-corrected chi connectivity index (χ0v) is 14.1. The summed E-state index contributed by atoms with van der Waals surface area (Å²) < 4.78 is 10.7. The highest BCUT2D eigenvalue weighted by molar-refractivity contribution is 5.95. The van der Waals surface area contributed by atoms with Crippen molar-refractivity contribution in [2.24, 2.45) is 5.73 Å². The van der Waals surface area contributed by atoms with Crippen LogP contribution in [0.2, 0.25) is 0 Å². The maximum absolute atomic E-state index is 11.7. The number of hydrogen-bond donors (Lipinski definition) is 4. The topological polar surface area (TPSA) is 118 Å². The first-order valence-electron chi connectivity index (χ1n) is 7.70. The van der Waals surface area contributed by atoms with Gasteiger partial charge in [-0.3, -0.25) is 5.41 Å². The van der Waals surface area contributed by atoms with Gasteiger partial charge in [0.15, 0.2) is 17.5 Å². The van der Waals surface area contributed by atoms with Crippen LogP contribution >= 0.6 is 0 Å². The number of methoxy groups -OCH3 is 1. The molecule has 1 unspecified atom stereocenters. The lowest BCUT2D eigenvalue weighted by Gasteiger charge is -2.18. The Morgan fingerprint density at radius 3 is 2.44 bits per heavy atom. The number of carbonyl (C=O) groups is 1. The van der Waals surface area contributed by atoms with Gasteiger partial charge < -0.3 is 25.6 Å².